The number of hydrogen-bond acceptors (Lipinski definition) is 5. The second kappa shape index (κ2) is 6.76. The molecular formula is C18H20ClN5O2S. The molecule has 0 fully saturated rings. The lowest BCUT2D eigenvalue weighted by molar-refractivity contribution is 0.100. The van der Waals surface area contributed by atoms with Crippen LogP contribution in [0, 0.1) is 12.8 Å². The molecule has 0 radical (unpaired) electrons. The van der Waals surface area contributed by atoms with Gasteiger partial charge in [0.25, 0.3) is 11.5 Å². The van der Waals surface area contributed by atoms with E-state index in [1.807, 2.05) is 6.92 Å². The number of fused-ring (bicyclic) bond motifs is 3. The van der Waals surface area contributed by atoms with E-state index < -0.39 is 5.91 Å². The van der Waals surface area contributed by atoms with Crippen LogP contribution >= 0.6 is 22.9 Å². The molecule has 0 aromatic carbocycles. The van der Waals surface area contributed by atoms with E-state index >= 15 is 0 Å². The van der Waals surface area contributed by atoms with Crippen LogP contribution in [0.2, 0.25) is 5.02 Å². The first-order valence-corrected chi connectivity index (χ1v) is 10.2. The fraction of sp³-hybridized carbons (Fsp3) is 0.444. The molecule has 0 spiro atoms. The highest BCUT2D eigenvalue weighted by Gasteiger charge is 2.25. The van der Waals surface area contributed by atoms with Gasteiger partial charge in [0.2, 0.25) is 0 Å². The molecule has 1 atom stereocenters. The summed E-state index contributed by atoms with van der Waals surface area (Å²) in [6.07, 6.45) is 4.50. The first-order chi connectivity index (χ1) is 12.9. The molecule has 0 saturated heterocycles. The van der Waals surface area contributed by atoms with E-state index in [1.165, 1.54) is 9.55 Å². The number of hydrogen-bond donors (Lipinski definition) is 1. The van der Waals surface area contributed by atoms with Crippen LogP contribution in [-0.4, -0.2) is 25.3 Å². The predicted octanol–water partition coefficient (Wildman–Crippen LogP) is 3.14. The lowest BCUT2D eigenvalue weighted by Crippen LogP contribution is -2.36. The fourth-order valence-corrected chi connectivity index (χ4v) is 5.15. The van der Waals surface area contributed by atoms with Crippen molar-refractivity contribution in [1.29, 1.82) is 0 Å². The lowest BCUT2D eigenvalue weighted by Gasteiger charge is -2.17. The summed E-state index contributed by atoms with van der Waals surface area (Å²) in [6.45, 7) is 6.43. The largest absolute Gasteiger partial charge is 0.292 e. The summed E-state index contributed by atoms with van der Waals surface area (Å²) in [4.78, 5) is 32.3. The van der Waals surface area contributed by atoms with Gasteiger partial charge in [-0.15, -0.1) is 11.3 Å². The molecule has 1 aliphatic rings. The fourth-order valence-electron chi connectivity index (χ4n) is 3.49. The second-order valence-electron chi connectivity index (χ2n) is 6.95. The van der Waals surface area contributed by atoms with Crippen molar-refractivity contribution >= 4 is 39.1 Å². The van der Waals surface area contributed by atoms with E-state index in [0.29, 0.717) is 23.7 Å². The summed E-state index contributed by atoms with van der Waals surface area (Å²) in [6, 6.07) is 0. The topological polar surface area (TPSA) is 81.8 Å². The van der Waals surface area contributed by atoms with Crippen LogP contribution in [0.25, 0.3) is 10.2 Å². The molecule has 0 unspecified atom stereocenters. The molecule has 1 N–H and O–H groups in total. The Morgan fingerprint density at radius 3 is 2.96 bits per heavy atom. The number of nitrogens with one attached hydrogen (secondary N) is 1. The SMILES string of the molecule is CCn1cc(Cl)c(C(=O)Nn2c(C)nc3sc4c(c3c2=O)CC[C@@H](C)C4)n1. The second-order valence-corrected chi connectivity index (χ2v) is 8.44. The zero-order chi connectivity index (χ0) is 19.3. The molecule has 3 aromatic heterocycles. The minimum Gasteiger partial charge on any atom is -0.271 e. The summed E-state index contributed by atoms with van der Waals surface area (Å²) < 4.78 is 2.78. The summed E-state index contributed by atoms with van der Waals surface area (Å²) in [5, 5.41) is 5.02. The van der Waals surface area contributed by atoms with Crippen LogP contribution in [0.4, 0.5) is 0 Å². The normalized spacial score (nSPS) is 16.5. The molecule has 4 rings (SSSR count). The Balaban J connectivity index is 1.77. The van der Waals surface area contributed by atoms with E-state index in [4.69, 9.17) is 11.6 Å². The number of rotatable bonds is 3. The van der Waals surface area contributed by atoms with Gasteiger partial charge in [-0.1, -0.05) is 18.5 Å². The molecular weight excluding hydrogens is 386 g/mol. The third kappa shape index (κ3) is 3.06. The zero-order valence-corrected chi connectivity index (χ0v) is 16.9. The van der Waals surface area contributed by atoms with Gasteiger partial charge in [-0.2, -0.15) is 5.10 Å². The molecule has 7 nitrogen and oxygen atoms in total. The van der Waals surface area contributed by atoms with E-state index in [1.54, 1.807) is 29.1 Å². The van der Waals surface area contributed by atoms with E-state index in [2.05, 4.69) is 22.4 Å². The number of nitrogens with zero attached hydrogens (tertiary/aromatic N) is 4. The maximum Gasteiger partial charge on any atom is 0.292 e. The highest BCUT2D eigenvalue weighted by molar-refractivity contribution is 7.18. The van der Waals surface area contributed by atoms with Crippen LogP contribution in [0.5, 0.6) is 0 Å². The predicted molar refractivity (Wildman–Crippen MR) is 106 cm³/mol. The molecule has 9 heteroatoms. The lowest BCUT2D eigenvalue weighted by atomic mass is 9.89. The first kappa shape index (κ1) is 18.2. The van der Waals surface area contributed by atoms with Crippen LogP contribution in [0.3, 0.4) is 0 Å². The van der Waals surface area contributed by atoms with Crippen molar-refractivity contribution in [2.24, 2.45) is 5.92 Å². The van der Waals surface area contributed by atoms with Gasteiger partial charge in [-0.25, -0.2) is 9.66 Å². The van der Waals surface area contributed by atoms with Crippen molar-refractivity contribution in [2.45, 2.75) is 46.6 Å². The monoisotopic (exact) mass is 405 g/mol. The molecule has 0 aliphatic heterocycles. The van der Waals surface area contributed by atoms with Gasteiger partial charge in [-0.05, 0) is 44.6 Å². The number of aryl methyl sites for hydroxylation is 3. The highest BCUT2D eigenvalue weighted by Crippen LogP contribution is 2.35. The number of carbonyl (C=O) groups is 1. The van der Waals surface area contributed by atoms with E-state index in [0.717, 1.165) is 29.7 Å². The highest BCUT2D eigenvalue weighted by atomic mass is 35.5. The van der Waals surface area contributed by atoms with Crippen molar-refractivity contribution in [3.63, 3.8) is 0 Å². The maximum absolute atomic E-state index is 13.1. The quantitative estimate of drug-likeness (QED) is 0.725. The standard InChI is InChI=1S/C18H20ClN5O2S/c1-4-23-8-12(19)15(21-23)16(25)22-24-10(3)20-17-14(18(24)26)11-6-5-9(2)7-13(11)27-17/h8-9H,4-7H2,1-3H3,(H,22,25)/t9-/m1/s1. The molecule has 27 heavy (non-hydrogen) atoms. The Kier molecular flexibility index (Phi) is 4.55. The van der Waals surface area contributed by atoms with Crippen LogP contribution < -0.4 is 11.0 Å². The molecule has 0 bridgehead atoms. The Labute approximate surface area is 164 Å². The van der Waals surface area contributed by atoms with Crippen molar-refractivity contribution in [1.82, 2.24) is 19.4 Å². The Bertz CT molecular complexity index is 1110. The number of carbonyl (C=O) groups excluding carboxylic acids is 1. The zero-order valence-electron chi connectivity index (χ0n) is 15.4. The minimum absolute atomic E-state index is 0.0890. The minimum atomic E-state index is -0.531. The summed E-state index contributed by atoms with van der Waals surface area (Å²) in [5.74, 6) is 0.513. The summed E-state index contributed by atoms with van der Waals surface area (Å²) >= 11 is 7.70. The molecule has 1 amide bonds. The van der Waals surface area contributed by atoms with E-state index in [9.17, 15) is 9.59 Å². The smallest absolute Gasteiger partial charge is 0.271 e. The van der Waals surface area contributed by atoms with Crippen molar-refractivity contribution in [2.75, 3.05) is 5.43 Å². The first-order valence-electron chi connectivity index (χ1n) is 8.97. The number of amides is 1. The molecule has 0 saturated carbocycles. The van der Waals surface area contributed by atoms with Gasteiger partial charge in [0, 0.05) is 17.6 Å². The van der Waals surface area contributed by atoms with Crippen molar-refractivity contribution in [3.05, 3.63) is 43.5 Å². The third-order valence-corrected chi connectivity index (χ3v) is 6.39. The molecule has 1 aliphatic carbocycles. The van der Waals surface area contributed by atoms with Crippen molar-refractivity contribution in [3.8, 4) is 0 Å². The Hall–Kier alpha value is -2.19. The Morgan fingerprint density at radius 1 is 1.48 bits per heavy atom. The number of halogens is 1. The van der Waals surface area contributed by atoms with Crippen LogP contribution in [-0.2, 0) is 19.4 Å². The molecule has 142 valence electrons. The summed E-state index contributed by atoms with van der Waals surface area (Å²) in [7, 11) is 0. The molecule has 3 heterocycles. The average molecular weight is 406 g/mol. The molecule has 3 aromatic rings. The average Bonchev–Trinajstić information content (AvgIpc) is 3.17. The van der Waals surface area contributed by atoms with Gasteiger partial charge in [0.1, 0.15) is 10.7 Å². The number of thiophene rings is 1. The van der Waals surface area contributed by atoms with E-state index in [-0.39, 0.29) is 16.3 Å². The van der Waals surface area contributed by atoms with Crippen molar-refractivity contribution < 1.29 is 4.79 Å². The van der Waals surface area contributed by atoms with Crippen LogP contribution in [0.15, 0.2) is 11.0 Å². The van der Waals surface area contributed by atoms with Gasteiger partial charge in [-0.3, -0.25) is 19.7 Å². The Morgan fingerprint density at radius 2 is 2.26 bits per heavy atom. The summed E-state index contributed by atoms with van der Waals surface area (Å²) in [5.41, 5.74) is 3.55. The van der Waals surface area contributed by atoms with Gasteiger partial charge in [0.15, 0.2) is 5.69 Å². The van der Waals surface area contributed by atoms with Gasteiger partial charge in [0.05, 0.1) is 10.4 Å². The van der Waals surface area contributed by atoms with Gasteiger partial charge < -0.3 is 0 Å². The van der Waals surface area contributed by atoms with Gasteiger partial charge >= 0.3 is 0 Å². The third-order valence-electron chi connectivity index (χ3n) is 4.97. The number of aromatic nitrogens is 4. The van der Waals surface area contributed by atoms with Crippen LogP contribution in [0.1, 0.15) is 47.0 Å². The maximum atomic E-state index is 13.1.